The number of ether oxygens (including phenoxy) is 1. The van der Waals surface area contributed by atoms with Gasteiger partial charge in [0.2, 0.25) is 5.91 Å². The minimum atomic E-state index is -0.907. The molecule has 0 aromatic heterocycles. The van der Waals surface area contributed by atoms with Crippen LogP contribution in [-0.2, 0) is 16.0 Å². The van der Waals surface area contributed by atoms with Crippen LogP contribution < -0.4 is 10.1 Å². The maximum absolute atomic E-state index is 11.8. The zero-order chi connectivity index (χ0) is 15.9. The third-order valence-electron chi connectivity index (χ3n) is 3.77. The highest BCUT2D eigenvalue weighted by molar-refractivity contribution is 5.79. The van der Waals surface area contributed by atoms with Crippen molar-refractivity contribution < 1.29 is 19.4 Å². The second-order valence-electron chi connectivity index (χ2n) is 5.34. The van der Waals surface area contributed by atoms with Gasteiger partial charge in [-0.1, -0.05) is 19.1 Å². The molecule has 0 bridgehead atoms. The molecule has 5 heteroatoms. The molecule has 21 heavy (non-hydrogen) atoms. The minimum Gasteiger partial charge on any atom is -0.497 e. The average molecular weight is 293 g/mol. The summed E-state index contributed by atoms with van der Waals surface area (Å²) < 4.78 is 5.07. The van der Waals surface area contributed by atoms with Crippen LogP contribution in [0.15, 0.2) is 24.3 Å². The fourth-order valence-electron chi connectivity index (χ4n) is 1.78. The smallest absolute Gasteiger partial charge is 0.311 e. The first kappa shape index (κ1) is 17.0. The number of methoxy groups -OCH3 is 1. The molecule has 1 atom stereocenters. The molecule has 0 aliphatic carbocycles. The van der Waals surface area contributed by atoms with Gasteiger partial charge in [-0.15, -0.1) is 0 Å². The van der Waals surface area contributed by atoms with Crippen LogP contribution in [0.1, 0.15) is 32.3 Å². The van der Waals surface area contributed by atoms with Crippen LogP contribution >= 0.6 is 0 Å². The highest BCUT2D eigenvalue weighted by Crippen LogP contribution is 2.20. The Morgan fingerprint density at radius 1 is 1.29 bits per heavy atom. The highest BCUT2D eigenvalue weighted by atomic mass is 16.5. The minimum absolute atomic E-state index is 0.133. The van der Waals surface area contributed by atoms with Crippen molar-refractivity contribution in [3.8, 4) is 5.75 Å². The van der Waals surface area contributed by atoms with Gasteiger partial charge >= 0.3 is 5.97 Å². The number of hydrogen-bond acceptors (Lipinski definition) is 3. The van der Waals surface area contributed by atoms with Crippen LogP contribution in [0, 0.1) is 5.41 Å². The summed E-state index contributed by atoms with van der Waals surface area (Å²) in [5, 5.41) is 11.8. The van der Waals surface area contributed by atoms with Crippen LogP contribution in [0.3, 0.4) is 0 Å². The fraction of sp³-hybridized carbons (Fsp3) is 0.500. The van der Waals surface area contributed by atoms with Crippen LogP contribution in [0.25, 0.3) is 0 Å². The third kappa shape index (κ3) is 5.10. The lowest BCUT2D eigenvalue weighted by molar-refractivity contribution is -0.148. The zero-order valence-corrected chi connectivity index (χ0v) is 12.8. The van der Waals surface area contributed by atoms with E-state index in [4.69, 9.17) is 9.84 Å². The molecule has 0 heterocycles. The molecule has 0 saturated heterocycles. The third-order valence-corrected chi connectivity index (χ3v) is 3.77. The molecule has 0 radical (unpaired) electrons. The number of carboxylic acid groups (broad SMARTS) is 1. The van der Waals surface area contributed by atoms with Crippen molar-refractivity contribution in [2.75, 3.05) is 13.7 Å². The number of aliphatic carboxylic acids is 1. The van der Waals surface area contributed by atoms with E-state index in [0.29, 0.717) is 19.3 Å². The van der Waals surface area contributed by atoms with Gasteiger partial charge in [0.1, 0.15) is 5.75 Å². The van der Waals surface area contributed by atoms with Gasteiger partial charge in [0.25, 0.3) is 0 Å². The van der Waals surface area contributed by atoms with Gasteiger partial charge in [-0.2, -0.15) is 0 Å². The van der Waals surface area contributed by atoms with Crippen molar-refractivity contribution in [3.05, 3.63) is 29.8 Å². The predicted molar refractivity (Wildman–Crippen MR) is 80.4 cm³/mol. The lowest BCUT2D eigenvalue weighted by Crippen LogP contribution is -2.40. The van der Waals surface area contributed by atoms with E-state index >= 15 is 0 Å². The topological polar surface area (TPSA) is 75.6 Å². The van der Waals surface area contributed by atoms with Crippen LogP contribution in [0.4, 0.5) is 0 Å². The molecule has 1 aromatic rings. The quantitative estimate of drug-likeness (QED) is 0.771. The average Bonchev–Trinajstić information content (AvgIpc) is 2.50. The molecule has 1 amide bonds. The number of hydrogen-bond donors (Lipinski definition) is 2. The summed E-state index contributed by atoms with van der Waals surface area (Å²) in [6.45, 7) is 3.59. The van der Waals surface area contributed by atoms with Gasteiger partial charge in [-0.05, 0) is 37.5 Å². The normalized spacial score (nSPS) is 13.3. The number of nitrogens with one attached hydrogen (secondary N) is 1. The Labute approximate surface area is 125 Å². The number of carbonyl (C=O) groups excluding carboxylic acids is 1. The highest BCUT2D eigenvalue weighted by Gasteiger charge is 2.31. The van der Waals surface area contributed by atoms with Gasteiger partial charge < -0.3 is 15.2 Å². The standard InChI is InChI=1S/C16H23NO4/c1-4-16(2,15(19)20)11-17-14(18)10-7-12-5-8-13(21-3)9-6-12/h5-6,8-9H,4,7,10-11H2,1-3H3,(H,17,18)(H,19,20). The van der Waals surface area contributed by atoms with E-state index < -0.39 is 11.4 Å². The Morgan fingerprint density at radius 2 is 1.90 bits per heavy atom. The first-order chi connectivity index (χ1) is 9.91. The zero-order valence-electron chi connectivity index (χ0n) is 12.8. The monoisotopic (exact) mass is 293 g/mol. The Bertz CT molecular complexity index is 484. The molecule has 1 unspecified atom stereocenters. The molecule has 0 saturated carbocycles. The first-order valence-corrected chi connectivity index (χ1v) is 7.04. The van der Waals surface area contributed by atoms with Crippen LogP contribution in [0.2, 0.25) is 0 Å². The Kier molecular flexibility index (Phi) is 6.21. The molecular weight excluding hydrogens is 270 g/mol. The molecule has 0 aliphatic rings. The van der Waals surface area contributed by atoms with Crippen molar-refractivity contribution in [2.24, 2.45) is 5.41 Å². The molecule has 116 valence electrons. The van der Waals surface area contributed by atoms with Crippen molar-refractivity contribution in [1.82, 2.24) is 5.32 Å². The maximum atomic E-state index is 11.8. The summed E-state index contributed by atoms with van der Waals surface area (Å²) in [5.41, 5.74) is 0.137. The molecular formula is C16H23NO4. The number of amides is 1. The molecule has 1 rings (SSSR count). The van der Waals surface area contributed by atoms with E-state index in [0.717, 1.165) is 11.3 Å². The predicted octanol–water partition coefficient (Wildman–Crippen LogP) is 2.24. The summed E-state index contributed by atoms with van der Waals surface area (Å²) in [6, 6.07) is 7.54. The Morgan fingerprint density at radius 3 is 2.38 bits per heavy atom. The van der Waals surface area contributed by atoms with Gasteiger partial charge in [0.05, 0.1) is 12.5 Å². The van der Waals surface area contributed by atoms with Crippen molar-refractivity contribution >= 4 is 11.9 Å². The lowest BCUT2D eigenvalue weighted by atomic mass is 9.87. The second kappa shape index (κ2) is 7.67. The second-order valence-corrected chi connectivity index (χ2v) is 5.34. The van der Waals surface area contributed by atoms with E-state index in [-0.39, 0.29) is 12.5 Å². The van der Waals surface area contributed by atoms with Gasteiger partial charge in [0.15, 0.2) is 0 Å². The first-order valence-electron chi connectivity index (χ1n) is 7.04. The molecule has 1 aromatic carbocycles. The summed E-state index contributed by atoms with van der Waals surface area (Å²) in [5.74, 6) is -0.240. The molecule has 2 N–H and O–H groups in total. The lowest BCUT2D eigenvalue weighted by Gasteiger charge is -2.23. The molecule has 5 nitrogen and oxygen atoms in total. The van der Waals surface area contributed by atoms with E-state index in [1.54, 1.807) is 21.0 Å². The van der Waals surface area contributed by atoms with E-state index in [2.05, 4.69) is 5.32 Å². The number of rotatable bonds is 8. The fourth-order valence-corrected chi connectivity index (χ4v) is 1.78. The summed E-state index contributed by atoms with van der Waals surface area (Å²) in [7, 11) is 1.61. The largest absolute Gasteiger partial charge is 0.497 e. The number of carbonyl (C=O) groups is 2. The van der Waals surface area contributed by atoms with Crippen molar-refractivity contribution in [1.29, 1.82) is 0 Å². The van der Waals surface area contributed by atoms with Gasteiger partial charge in [-0.3, -0.25) is 9.59 Å². The van der Waals surface area contributed by atoms with Crippen LogP contribution in [-0.4, -0.2) is 30.6 Å². The van der Waals surface area contributed by atoms with E-state index in [1.807, 2.05) is 24.3 Å². The molecule has 0 spiro atoms. The Hall–Kier alpha value is -2.04. The number of benzene rings is 1. The van der Waals surface area contributed by atoms with E-state index in [9.17, 15) is 9.59 Å². The van der Waals surface area contributed by atoms with Crippen LogP contribution in [0.5, 0.6) is 5.75 Å². The SMILES string of the molecule is CCC(C)(CNC(=O)CCc1ccc(OC)cc1)C(=O)O. The number of aryl methyl sites for hydroxylation is 1. The Balaban J connectivity index is 2.41. The van der Waals surface area contributed by atoms with Crippen molar-refractivity contribution in [2.45, 2.75) is 33.1 Å². The van der Waals surface area contributed by atoms with E-state index in [1.165, 1.54) is 0 Å². The summed E-state index contributed by atoms with van der Waals surface area (Å²) in [6.07, 6.45) is 1.43. The molecule has 0 aliphatic heterocycles. The summed E-state index contributed by atoms with van der Waals surface area (Å²) in [4.78, 5) is 22.9. The molecule has 0 fully saturated rings. The summed E-state index contributed by atoms with van der Waals surface area (Å²) >= 11 is 0. The maximum Gasteiger partial charge on any atom is 0.311 e. The van der Waals surface area contributed by atoms with Gasteiger partial charge in [0, 0.05) is 13.0 Å². The van der Waals surface area contributed by atoms with Crippen molar-refractivity contribution in [3.63, 3.8) is 0 Å². The van der Waals surface area contributed by atoms with Gasteiger partial charge in [-0.25, -0.2) is 0 Å². The number of carboxylic acids is 1.